The molecule has 1 aromatic carbocycles. The maximum atomic E-state index is 12.8. The SMILES string of the molecule is C#C/C=C\C(Cl)=C/C.C=C/C(C)=C\C(F)=C/C.CC.CCCC(CC)C(=O)N1CC(C)C(c2ccc(C)cc2)C(C)C1. The molecule has 1 heterocycles. The molecular formula is C38H57ClFNO. The Bertz CT molecular complexity index is 1050. The number of terminal acetylenes is 1. The maximum Gasteiger partial charge on any atom is 0.225 e. The van der Waals surface area contributed by atoms with Gasteiger partial charge in [-0.25, -0.2) is 4.39 Å². The Labute approximate surface area is 263 Å². The van der Waals surface area contributed by atoms with Gasteiger partial charge in [-0.05, 0) is 87.7 Å². The molecule has 0 aliphatic carbocycles. The highest BCUT2D eigenvalue weighted by Crippen LogP contribution is 2.37. The Kier molecular flexibility index (Phi) is 24.3. The van der Waals surface area contributed by atoms with Crippen LogP contribution < -0.4 is 0 Å². The molecule has 3 atom stereocenters. The van der Waals surface area contributed by atoms with Crippen LogP contribution in [0.3, 0.4) is 0 Å². The summed E-state index contributed by atoms with van der Waals surface area (Å²) in [6.07, 6.45) is 17.5. The van der Waals surface area contributed by atoms with Crippen LogP contribution in [-0.2, 0) is 4.79 Å². The quantitative estimate of drug-likeness (QED) is 0.215. The Hall–Kier alpha value is -2.83. The number of hydrogen-bond acceptors (Lipinski definition) is 1. The van der Waals surface area contributed by atoms with Crippen LogP contribution in [0.2, 0.25) is 0 Å². The van der Waals surface area contributed by atoms with Gasteiger partial charge in [0, 0.05) is 24.0 Å². The first-order chi connectivity index (χ1) is 20.0. The first-order valence-electron chi connectivity index (χ1n) is 15.4. The van der Waals surface area contributed by atoms with Crippen LogP contribution in [0, 0.1) is 37.0 Å². The van der Waals surface area contributed by atoms with Crippen LogP contribution in [0.1, 0.15) is 98.6 Å². The van der Waals surface area contributed by atoms with E-state index in [-0.39, 0.29) is 11.7 Å². The second kappa shape index (κ2) is 24.7. The molecule has 3 unspecified atom stereocenters. The highest BCUT2D eigenvalue weighted by atomic mass is 35.5. The van der Waals surface area contributed by atoms with Crippen molar-refractivity contribution >= 4 is 17.5 Å². The lowest BCUT2D eigenvalue weighted by Gasteiger charge is -2.43. The number of halogens is 2. The normalized spacial score (nSPS) is 19.6. The van der Waals surface area contributed by atoms with Gasteiger partial charge in [-0.2, -0.15) is 0 Å². The largest absolute Gasteiger partial charge is 0.342 e. The molecule has 1 fully saturated rings. The molecule has 0 spiro atoms. The van der Waals surface area contributed by atoms with Crippen LogP contribution in [0.5, 0.6) is 0 Å². The van der Waals surface area contributed by atoms with Gasteiger partial charge in [0.25, 0.3) is 0 Å². The molecule has 1 aliphatic rings. The van der Waals surface area contributed by atoms with Crippen LogP contribution in [0.25, 0.3) is 0 Å². The average molecular weight is 598 g/mol. The second-order valence-electron chi connectivity index (χ2n) is 10.5. The van der Waals surface area contributed by atoms with Gasteiger partial charge in [0.2, 0.25) is 5.91 Å². The number of allylic oxidation sites excluding steroid dienone is 9. The van der Waals surface area contributed by atoms with Crippen molar-refractivity contribution in [1.82, 2.24) is 4.90 Å². The number of hydrogen-bond donors (Lipinski definition) is 0. The molecule has 1 aromatic rings. The lowest BCUT2D eigenvalue weighted by Crippen LogP contribution is -2.48. The van der Waals surface area contributed by atoms with Gasteiger partial charge in [0.15, 0.2) is 0 Å². The summed E-state index contributed by atoms with van der Waals surface area (Å²) in [5.41, 5.74) is 3.58. The summed E-state index contributed by atoms with van der Waals surface area (Å²) in [6, 6.07) is 8.97. The predicted octanol–water partition coefficient (Wildman–Crippen LogP) is 11.4. The standard InChI is InChI=1S/C21H33NO.C8H11F.C7H7Cl.C2H6/c1-6-8-18(7-2)21(23)22-13-16(4)20(17(5)14-22)19-11-9-15(3)10-12-19;1-4-7(3)6-8(9)5-2;1-3-5-6-7(8)4-2;1-2/h9-12,16-18,20H,6-8,13-14H2,1-5H3;4-6H,1H2,2-3H3;1,4-6H,2H3;1-2H3/b;7-6-,8-5+;6-5-,7-4+;. The van der Waals surface area contributed by atoms with Crippen molar-refractivity contribution in [2.75, 3.05) is 13.1 Å². The molecule has 0 saturated carbocycles. The molecule has 1 saturated heterocycles. The minimum atomic E-state index is -0.215. The van der Waals surface area contributed by atoms with E-state index in [2.05, 4.69) is 76.3 Å². The third-order valence-electron chi connectivity index (χ3n) is 7.07. The predicted molar refractivity (Wildman–Crippen MR) is 185 cm³/mol. The van der Waals surface area contributed by atoms with Gasteiger partial charge >= 0.3 is 0 Å². The van der Waals surface area contributed by atoms with Gasteiger partial charge in [-0.3, -0.25) is 4.79 Å². The van der Waals surface area contributed by atoms with Crippen LogP contribution in [0.4, 0.5) is 4.39 Å². The summed E-state index contributed by atoms with van der Waals surface area (Å²) in [6.45, 7) is 25.7. The van der Waals surface area contributed by atoms with Crippen molar-refractivity contribution in [3.8, 4) is 12.3 Å². The highest BCUT2D eigenvalue weighted by molar-refractivity contribution is 6.31. The van der Waals surface area contributed by atoms with E-state index in [0.717, 1.165) is 37.9 Å². The van der Waals surface area contributed by atoms with Crippen molar-refractivity contribution in [1.29, 1.82) is 0 Å². The highest BCUT2D eigenvalue weighted by Gasteiger charge is 2.36. The summed E-state index contributed by atoms with van der Waals surface area (Å²) in [4.78, 5) is 15.0. The number of amides is 1. The molecule has 0 radical (unpaired) electrons. The Morgan fingerprint density at radius 1 is 1.14 bits per heavy atom. The van der Waals surface area contributed by atoms with Crippen molar-refractivity contribution < 1.29 is 9.18 Å². The molecule has 0 N–H and O–H groups in total. The first kappa shape index (κ1) is 41.3. The van der Waals surface area contributed by atoms with Crippen molar-refractivity contribution in [2.24, 2.45) is 17.8 Å². The zero-order valence-electron chi connectivity index (χ0n) is 28.0. The summed E-state index contributed by atoms with van der Waals surface area (Å²) in [7, 11) is 0. The number of rotatable bonds is 8. The topological polar surface area (TPSA) is 20.3 Å². The van der Waals surface area contributed by atoms with Gasteiger partial charge in [0.05, 0.1) is 0 Å². The van der Waals surface area contributed by atoms with E-state index in [1.54, 1.807) is 38.2 Å². The maximum absolute atomic E-state index is 12.8. The molecule has 234 valence electrons. The number of likely N-dealkylation sites (tertiary alicyclic amines) is 1. The monoisotopic (exact) mass is 597 g/mol. The minimum absolute atomic E-state index is 0.215. The Morgan fingerprint density at radius 2 is 1.69 bits per heavy atom. The smallest absolute Gasteiger partial charge is 0.225 e. The number of piperidine rings is 1. The minimum Gasteiger partial charge on any atom is -0.342 e. The Balaban J connectivity index is 0. The molecule has 0 bridgehead atoms. The third kappa shape index (κ3) is 16.6. The van der Waals surface area contributed by atoms with Gasteiger partial charge in [-0.15, -0.1) is 6.42 Å². The van der Waals surface area contributed by atoms with E-state index in [0.29, 0.717) is 28.7 Å². The molecule has 0 aromatic heterocycles. The average Bonchev–Trinajstić information content (AvgIpc) is 3.00. The van der Waals surface area contributed by atoms with Crippen LogP contribution >= 0.6 is 11.6 Å². The Morgan fingerprint density at radius 3 is 2.10 bits per heavy atom. The second-order valence-corrected chi connectivity index (χ2v) is 10.9. The molecule has 2 rings (SSSR count). The lowest BCUT2D eigenvalue weighted by molar-refractivity contribution is -0.139. The fraction of sp³-hybridized carbons (Fsp3) is 0.500. The lowest BCUT2D eigenvalue weighted by atomic mass is 9.75. The van der Waals surface area contributed by atoms with E-state index >= 15 is 0 Å². The summed E-state index contributed by atoms with van der Waals surface area (Å²) in [5, 5.41) is 0.669. The van der Waals surface area contributed by atoms with Gasteiger partial charge < -0.3 is 4.90 Å². The van der Waals surface area contributed by atoms with Crippen molar-refractivity contribution in [3.63, 3.8) is 0 Å². The number of benzene rings is 1. The first-order valence-corrected chi connectivity index (χ1v) is 15.8. The van der Waals surface area contributed by atoms with E-state index in [9.17, 15) is 9.18 Å². The number of nitrogens with zero attached hydrogens (tertiary/aromatic N) is 1. The van der Waals surface area contributed by atoms with E-state index in [1.807, 2.05) is 20.8 Å². The third-order valence-corrected chi connectivity index (χ3v) is 7.42. The van der Waals surface area contributed by atoms with E-state index < -0.39 is 0 Å². The zero-order valence-corrected chi connectivity index (χ0v) is 28.8. The van der Waals surface area contributed by atoms with Crippen LogP contribution in [0.15, 0.2) is 83.7 Å². The fourth-order valence-corrected chi connectivity index (χ4v) is 4.94. The van der Waals surface area contributed by atoms with Gasteiger partial charge in [-0.1, -0.05) is 120 Å². The van der Waals surface area contributed by atoms with E-state index in [4.69, 9.17) is 18.0 Å². The molecular weight excluding hydrogens is 541 g/mol. The molecule has 42 heavy (non-hydrogen) atoms. The van der Waals surface area contributed by atoms with Gasteiger partial charge in [0.1, 0.15) is 5.83 Å². The number of carbonyl (C=O) groups excluding carboxylic acids is 1. The fourth-order valence-electron chi connectivity index (χ4n) is 4.88. The van der Waals surface area contributed by atoms with Crippen molar-refractivity contribution in [3.05, 3.63) is 94.9 Å². The summed E-state index contributed by atoms with van der Waals surface area (Å²) in [5.74, 6) is 4.31. The van der Waals surface area contributed by atoms with Crippen LogP contribution in [-0.4, -0.2) is 23.9 Å². The molecule has 2 nitrogen and oxygen atoms in total. The number of aryl methyl sites for hydroxylation is 1. The zero-order chi connectivity index (χ0) is 32.7. The molecule has 4 heteroatoms. The molecule has 1 aliphatic heterocycles. The molecule has 1 amide bonds. The number of carbonyl (C=O) groups is 1. The summed E-state index contributed by atoms with van der Waals surface area (Å²) < 4.78 is 12.3. The summed E-state index contributed by atoms with van der Waals surface area (Å²) >= 11 is 5.52. The van der Waals surface area contributed by atoms with E-state index in [1.165, 1.54) is 23.3 Å². The van der Waals surface area contributed by atoms with Crippen molar-refractivity contribution in [2.45, 2.75) is 94.4 Å².